The summed E-state index contributed by atoms with van der Waals surface area (Å²) in [6.07, 6.45) is 6.93. The lowest BCUT2D eigenvalue weighted by Gasteiger charge is -2.29. The maximum Gasteiger partial charge on any atom is 0.273 e. The number of aryl methyl sites for hydroxylation is 1. The summed E-state index contributed by atoms with van der Waals surface area (Å²) in [6.45, 7) is 10.5. The van der Waals surface area contributed by atoms with Crippen LogP contribution in [0.4, 0.5) is 5.95 Å². The molecule has 1 aromatic carbocycles. The Balaban J connectivity index is 1.38. The summed E-state index contributed by atoms with van der Waals surface area (Å²) in [5.74, 6) is 0.817. The van der Waals surface area contributed by atoms with Crippen molar-refractivity contribution in [3.8, 4) is 11.3 Å². The van der Waals surface area contributed by atoms with Gasteiger partial charge in [-0.05, 0) is 63.2 Å². The fourth-order valence-electron chi connectivity index (χ4n) is 4.26. The molecule has 0 radical (unpaired) electrons. The summed E-state index contributed by atoms with van der Waals surface area (Å²) in [7, 11) is 2.14. The highest BCUT2D eigenvalue weighted by atomic mass is 16.5. The van der Waals surface area contributed by atoms with E-state index in [0.29, 0.717) is 30.0 Å². The van der Waals surface area contributed by atoms with Crippen LogP contribution in [0.1, 0.15) is 61.0 Å². The SMILES string of the molecule is Cc1cc(-c2ccnc(N/C(C=N)=C/NC3CCN(C)CC3)n2)ccc1CNC(=O)c1cc(C(C)(C)C)on1. The third-order valence-corrected chi connectivity index (χ3v) is 6.82. The third kappa shape index (κ3) is 7.51. The number of anilines is 1. The minimum Gasteiger partial charge on any atom is -0.386 e. The third-order valence-electron chi connectivity index (χ3n) is 6.82. The van der Waals surface area contributed by atoms with Crippen LogP contribution in [-0.2, 0) is 12.0 Å². The molecule has 4 N–H and O–H groups in total. The van der Waals surface area contributed by atoms with Crippen molar-refractivity contribution >= 4 is 18.1 Å². The van der Waals surface area contributed by atoms with Gasteiger partial charge in [-0.25, -0.2) is 9.97 Å². The summed E-state index contributed by atoms with van der Waals surface area (Å²) in [6, 6.07) is 9.94. The lowest BCUT2D eigenvalue weighted by atomic mass is 9.93. The Hall–Kier alpha value is -4.05. The number of piperidine rings is 1. The Labute approximate surface area is 229 Å². The highest BCUT2D eigenvalue weighted by Crippen LogP contribution is 2.24. The van der Waals surface area contributed by atoms with E-state index < -0.39 is 0 Å². The average Bonchev–Trinajstić information content (AvgIpc) is 3.43. The monoisotopic (exact) mass is 530 g/mol. The fourth-order valence-corrected chi connectivity index (χ4v) is 4.26. The second-order valence-electron chi connectivity index (χ2n) is 11.0. The second kappa shape index (κ2) is 12.2. The van der Waals surface area contributed by atoms with Crippen molar-refractivity contribution in [2.45, 2.75) is 58.5 Å². The Morgan fingerprint density at radius 1 is 1.21 bits per heavy atom. The van der Waals surface area contributed by atoms with Gasteiger partial charge in [-0.3, -0.25) is 4.79 Å². The van der Waals surface area contributed by atoms with Gasteiger partial charge in [0.2, 0.25) is 5.95 Å². The van der Waals surface area contributed by atoms with E-state index in [9.17, 15) is 4.79 Å². The maximum atomic E-state index is 12.6. The van der Waals surface area contributed by atoms with Crippen molar-refractivity contribution in [3.05, 3.63) is 71.0 Å². The number of rotatable bonds is 9. The number of nitrogens with one attached hydrogen (secondary N) is 4. The highest BCUT2D eigenvalue weighted by molar-refractivity contribution is 5.92. The van der Waals surface area contributed by atoms with E-state index in [-0.39, 0.29) is 17.0 Å². The molecule has 0 bridgehead atoms. The van der Waals surface area contributed by atoms with E-state index in [1.165, 1.54) is 6.21 Å². The van der Waals surface area contributed by atoms with E-state index in [2.05, 4.69) is 43.0 Å². The minimum atomic E-state index is -0.274. The molecule has 0 saturated carbocycles. The Morgan fingerprint density at radius 3 is 2.64 bits per heavy atom. The molecule has 10 nitrogen and oxygen atoms in total. The van der Waals surface area contributed by atoms with Gasteiger partial charge in [0.05, 0.1) is 11.4 Å². The van der Waals surface area contributed by atoms with E-state index in [1.54, 1.807) is 12.3 Å². The molecule has 0 atom stereocenters. The summed E-state index contributed by atoms with van der Waals surface area (Å²) >= 11 is 0. The van der Waals surface area contributed by atoms with Crippen molar-refractivity contribution in [1.82, 2.24) is 30.7 Å². The molecular formula is C29H38N8O2. The standard InChI is InChI=1S/C29H38N8O2/c1-19-14-20(6-7-21(19)17-33-27(38)25-15-26(39-36-25)29(2,3)4)24-8-11-31-28(35-24)34-23(16-30)18-32-22-9-12-37(5)13-10-22/h6-8,11,14-16,18,22,30,32H,9-10,12-13,17H2,1-5H3,(H,33,38)(H,31,34,35)/b23-18+,30-16?. The van der Waals surface area contributed by atoms with Gasteiger partial charge in [0.15, 0.2) is 5.69 Å². The summed E-state index contributed by atoms with van der Waals surface area (Å²) in [5.41, 5.74) is 4.37. The molecule has 10 heteroatoms. The zero-order valence-electron chi connectivity index (χ0n) is 23.3. The summed E-state index contributed by atoms with van der Waals surface area (Å²) in [4.78, 5) is 23.9. The molecule has 0 spiro atoms. The zero-order chi connectivity index (χ0) is 28.0. The molecule has 3 aromatic rings. The molecule has 1 fully saturated rings. The van der Waals surface area contributed by atoms with Gasteiger partial charge in [-0.1, -0.05) is 38.1 Å². The molecule has 0 aliphatic carbocycles. The van der Waals surface area contributed by atoms with E-state index in [1.807, 2.05) is 58.2 Å². The number of carbonyl (C=O) groups excluding carboxylic acids is 1. The Morgan fingerprint density at radius 2 is 1.97 bits per heavy atom. The van der Waals surface area contributed by atoms with Crippen molar-refractivity contribution in [1.29, 1.82) is 5.41 Å². The van der Waals surface area contributed by atoms with Crippen LogP contribution in [0.25, 0.3) is 11.3 Å². The molecule has 0 unspecified atom stereocenters. The topological polar surface area (TPSA) is 132 Å². The maximum absolute atomic E-state index is 12.6. The quantitative estimate of drug-likeness (QED) is 0.302. The highest BCUT2D eigenvalue weighted by Gasteiger charge is 2.22. The number of carbonyl (C=O) groups is 1. The van der Waals surface area contributed by atoms with E-state index in [0.717, 1.165) is 48.3 Å². The first-order valence-electron chi connectivity index (χ1n) is 13.2. The van der Waals surface area contributed by atoms with Crippen molar-refractivity contribution in [3.63, 3.8) is 0 Å². The van der Waals surface area contributed by atoms with Crippen LogP contribution in [-0.4, -0.2) is 58.3 Å². The Kier molecular flexibility index (Phi) is 8.75. The predicted molar refractivity (Wildman–Crippen MR) is 153 cm³/mol. The van der Waals surface area contributed by atoms with Gasteiger partial charge in [0, 0.05) is 48.2 Å². The molecule has 39 heavy (non-hydrogen) atoms. The minimum absolute atomic E-state index is 0.213. The lowest BCUT2D eigenvalue weighted by Crippen LogP contribution is -2.39. The normalized spacial score (nSPS) is 15.2. The van der Waals surface area contributed by atoms with Crippen LogP contribution in [0.2, 0.25) is 0 Å². The molecule has 3 heterocycles. The van der Waals surface area contributed by atoms with Crippen LogP contribution in [0, 0.1) is 12.3 Å². The largest absolute Gasteiger partial charge is 0.386 e. The molecule has 206 valence electrons. The first kappa shape index (κ1) is 28.0. The number of likely N-dealkylation sites (tertiary alicyclic amines) is 1. The lowest BCUT2D eigenvalue weighted by molar-refractivity contribution is 0.0941. The van der Waals surface area contributed by atoms with Crippen molar-refractivity contribution in [2.24, 2.45) is 0 Å². The average molecular weight is 531 g/mol. The van der Waals surface area contributed by atoms with Crippen LogP contribution in [0.15, 0.2) is 52.9 Å². The number of aromatic nitrogens is 3. The predicted octanol–water partition coefficient (Wildman–Crippen LogP) is 4.25. The number of nitrogens with zero attached hydrogens (tertiary/aromatic N) is 4. The van der Waals surface area contributed by atoms with E-state index >= 15 is 0 Å². The number of allylic oxidation sites excluding steroid dienone is 1. The number of hydrogen-bond donors (Lipinski definition) is 4. The summed E-state index contributed by atoms with van der Waals surface area (Å²) in [5, 5.41) is 21.2. The number of amides is 1. The van der Waals surface area contributed by atoms with Crippen LogP contribution < -0.4 is 16.0 Å². The zero-order valence-corrected chi connectivity index (χ0v) is 23.3. The van der Waals surface area contributed by atoms with Crippen molar-refractivity contribution < 1.29 is 9.32 Å². The summed E-state index contributed by atoms with van der Waals surface area (Å²) < 4.78 is 5.33. The first-order valence-corrected chi connectivity index (χ1v) is 13.2. The second-order valence-corrected chi connectivity index (χ2v) is 11.0. The first-order chi connectivity index (χ1) is 18.6. The van der Waals surface area contributed by atoms with Gasteiger partial charge in [-0.2, -0.15) is 0 Å². The number of hydrogen-bond acceptors (Lipinski definition) is 9. The van der Waals surface area contributed by atoms with Crippen LogP contribution >= 0.6 is 0 Å². The Bertz CT molecular complexity index is 1330. The fraction of sp³-hybridized carbons (Fsp3) is 0.414. The molecule has 2 aromatic heterocycles. The molecule has 1 aliphatic heterocycles. The molecule has 1 aliphatic rings. The van der Waals surface area contributed by atoms with Gasteiger partial charge < -0.3 is 30.8 Å². The van der Waals surface area contributed by atoms with Crippen molar-refractivity contribution in [2.75, 3.05) is 25.5 Å². The van der Waals surface area contributed by atoms with Gasteiger partial charge in [-0.15, -0.1) is 0 Å². The number of benzene rings is 1. The molecule has 1 saturated heterocycles. The van der Waals surface area contributed by atoms with Gasteiger partial charge >= 0.3 is 0 Å². The molecular weight excluding hydrogens is 492 g/mol. The van der Waals surface area contributed by atoms with Gasteiger partial charge in [0.1, 0.15) is 5.76 Å². The van der Waals surface area contributed by atoms with Gasteiger partial charge in [0.25, 0.3) is 5.91 Å². The van der Waals surface area contributed by atoms with Crippen LogP contribution in [0.5, 0.6) is 0 Å². The smallest absolute Gasteiger partial charge is 0.273 e. The van der Waals surface area contributed by atoms with Crippen LogP contribution in [0.3, 0.4) is 0 Å². The van der Waals surface area contributed by atoms with E-state index in [4.69, 9.17) is 9.93 Å². The molecule has 4 rings (SSSR count). The molecule has 1 amide bonds.